The van der Waals surface area contributed by atoms with Gasteiger partial charge in [0, 0.05) is 29.3 Å². The number of carboxylic acid groups (broad SMARTS) is 1. The fourth-order valence-electron chi connectivity index (χ4n) is 0.327. The molecule has 2 unspecified atom stereocenters. The third-order valence-corrected chi connectivity index (χ3v) is 3.34. The van der Waals surface area contributed by atoms with Crippen LogP contribution in [0.5, 0.6) is 0 Å². The van der Waals surface area contributed by atoms with Crippen molar-refractivity contribution >= 4 is 40.3 Å². The van der Waals surface area contributed by atoms with Gasteiger partial charge in [0.2, 0.25) is 0 Å². The first-order valence-corrected chi connectivity index (χ1v) is 6.05. The van der Waals surface area contributed by atoms with Gasteiger partial charge in [-0.2, -0.15) is 13.2 Å². The van der Waals surface area contributed by atoms with E-state index in [1.807, 2.05) is 0 Å². The van der Waals surface area contributed by atoms with E-state index >= 15 is 0 Å². The molecular weight excluding hydrogens is 332 g/mol. The maximum Gasteiger partial charge on any atom is 0.491 e. The average Bonchev–Trinajstić information content (AvgIpc) is 2.15. The predicted molar refractivity (Wildman–Crippen MR) is 56.2 cm³/mol. The van der Waals surface area contributed by atoms with E-state index in [9.17, 15) is 26.5 Å². The molecule has 0 aliphatic heterocycles. The second kappa shape index (κ2) is 8.20. The Hall–Kier alpha value is -0.0300. The van der Waals surface area contributed by atoms with Crippen molar-refractivity contribution in [3.63, 3.8) is 0 Å². The lowest BCUT2D eigenvalue weighted by Gasteiger charge is -2.15. The van der Waals surface area contributed by atoms with Crippen LogP contribution in [0.1, 0.15) is 0 Å². The van der Waals surface area contributed by atoms with Crippen LogP contribution in [-0.4, -0.2) is 44.2 Å². The molecule has 110 valence electrons. The Bertz CT molecular complexity index is 263. The summed E-state index contributed by atoms with van der Waals surface area (Å²) in [6, 6.07) is 0. The summed E-state index contributed by atoms with van der Waals surface area (Å²) < 4.78 is 62.5. The summed E-state index contributed by atoms with van der Waals surface area (Å²) in [5.41, 5.74) is 5.01. The summed E-state index contributed by atoms with van der Waals surface area (Å²) >= 11 is 7.36. The molecule has 12 heteroatoms. The van der Waals surface area contributed by atoms with E-state index in [-0.39, 0.29) is 6.54 Å². The van der Waals surface area contributed by atoms with Gasteiger partial charge in [0.25, 0.3) is 0 Å². The maximum atomic E-state index is 12.0. The highest BCUT2D eigenvalue weighted by Crippen LogP contribution is 2.27. The van der Waals surface area contributed by atoms with Gasteiger partial charge in [-0.15, -0.1) is 20.4 Å². The third kappa shape index (κ3) is 11.1. The molecule has 0 saturated carbocycles. The Labute approximate surface area is 111 Å². The number of hydrogen-bond acceptors (Lipinski definition) is 3. The molecule has 0 saturated heterocycles. The number of rotatable bonds is 4. The molecule has 3 N–H and O–H groups in total. The summed E-state index contributed by atoms with van der Waals surface area (Å²) in [6.45, 7) is 0.000262. The van der Waals surface area contributed by atoms with Crippen molar-refractivity contribution < 1.29 is 36.4 Å². The molecule has 4 nitrogen and oxygen atoms in total. The molecule has 2 atom stereocenters. The SMILES string of the molecule is NCC(Cl)C[S+]([O-])C(F)(F)Cl.O=C(O)C(F)(F)F. The molecule has 0 rings (SSSR count). The van der Waals surface area contributed by atoms with Crippen LogP contribution in [0, 0.1) is 0 Å². The zero-order valence-electron chi connectivity index (χ0n) is 8.39. The van der Waals surface area contributed by atoms with Gasteiger partial charge >= 0.3 is 16.9 Å². The number of carboxylic acids is 1. The summed E-state index contributed by atoms with van der Waals surface area (Å²) in [7, 11) is 0. The molecule has 0 heterocycles. The number of aliphatic carboxylic acids is 1. The molecular formula is C6H8Cl2F5NO3S. The van der Waals surface area contributed by atoms with E-state index in [2.05, 4.69) is 11.6 Å². The summed E-state index contributed by atoms with van der Waals surface area (Å²) in [5, 5.41) is 6.40. The quantitative estimate of drug-likeness (QED) is 0.464. The Morgan fingerprint density at radius 3 is 1.89 bits per heavy atom. The highest BCUT2D eigenvalue weighted by Gasteiger charge is 2.41. The van der Waals surface area contributed by atoms with Gasteiger partial charge in [0.1, 0.15) is 5.75 Å². The number of carbonyl (C=O) groups is 1. The molecule has 0 spiro atoms. The van der Waals surface area contributed by atoms with Gasteiger partial charge in [0.15, 0.2) is 0 Å². The van der Waals surface area contributed by atoms with Crippen molar-refractivity contribution in [3.8, 4) is 0 Å². The molecule has 0 fully saturated rings. The minimum atomic E-state index is -5.08. The van der Waals surface area contributed by atoms with E-state index in [1.54, 1.807) is 0 Å². The van der Waals surface area contributed by atoms with Crippen molar-refractivity contribution in [2.24, 2.45) is 5.73 Å². The molecule has 0 aliphatic carbocycles. The second-order valence-corrected chi connectivity index (χ2v) is 5.45. The first-order chi connectivity index (χ1) is 7.82. The first kappa shape index (κ1) is 20.3. The van der Waals surface area contributed by atoms with E-state index < -0.39 is 39.2 Å². The summed E-state index contributed by atoms with van der Waals surface area (Å²) in [5.74, 6) is -3.15. The van der Waals surface area contributed by atoms with Crippen molar-refractivity contribution in [1.82, 2.24) is 0 Å². The van der Waals surface area contributed by atoms with E-state index in [4.69, 9.17) is 27.2 Å². The Morgan fingerprint density at radius 2 is 1.72 bits per heavy atom. The highest BCUT2D eigenvalue weighted by atomic mass is 35.5. The lowest BCUT2D eigenvalue weighted by Crippen LogP contribution is -2.32. The van der Waals surface area contributed by atoms with E-state index in [0.717, 1.165) is 0 Å². The molecule has 0 aromatic carbocycles. The van der Waals surface area contributed by atoms with Gasteiger partial charge in [-0.25, -0.2) is 4.79 Å². The fourth-order valence-corrected chi connectivity index (χ4v) is 1.51. The average molecular weight is 340 g/mol. The van der Waals surface area contributed by atoms with Crippen molar-refractivity contribution in [2.45, 2.75) is 16.3 Å². The zero-order chi connectivity index (χ0) is 15.1. The molecule has 18 heavy (non-hydrogen) atoms. The third-order valence-electron chi connectivity index (χ3n) is 1.09. The smallest absolute Gasteiger partial charge is 0.491 e. The van der Waals surface area contributed by atoms with Crippen LogP contribution >= 0.6 is 23.2 Å². The standard InChI is InChI=1S/C4H7Cl2F2NOS.C2HF3O2/c5-3(1-9)2-11(10)4(6,7)8;3-2(4,5)1(6)7/h3H,1-2,9H2;(H,6,7). The number of halogens is 7. The van der Waals surface area contributed by atoms with E-state index in [1.165, 1.54) is 0 Å². The highest BCUT2D eigenvalue weighted by molar-refractivity contribution is 7.93. The molecule has 0 aliphatic rings. The minimum absolute atomic E-state index is 0.000262. The van der Waals surface area contributed by atoms with Crippen LogP contribution in [0.15, 0.2) is 0 Å². The second-order valence-electron chi connectivity index (χ2n) is 2.59. The minimum Gasteiger partial charge on any atom is -0.611 e. The predicted octanol–water partition coefficient (Wildman–Crippen LogP) is 1.72. The van der Waals surface area contributed by atoms with E-state index in [0.29, 0.717) is 0 Å². The largest absolute Gasteiger partial charge is 0.611 e. The molecule has 0 amide bonds. The van der Waals surface area contributed by atoms with Crippen molar-refractivity contribution in [3.05, 3.63) is 0 Å². The summed E-state index contributed by atoms with van der Waals surface area (Å²) in [4.78, 5) is 8.90. The van der Waals surface area contributed by atoms with Crippen LogP contribution < -0.4 is 5.73 Å². The monoisotopic (exact) mass is 339 g/mol. The lowest BCUT2D eigenvalue weighted by atomic mass is 10.5. The van der Waals surface area contributed by atoms with Crippen LogP contribution in [0.4, 0.5) is 22.0 Å². The molecule has 0 bridgehead atoms. The van der Waals surface area contributed by atoms with Gasteiger partial charge in [0.05, 0.1) is 5.38 Å². The topological polar surface area (TPSA) is 86.4 Å². The zero-order valence-corrected chi connectivity index (χ0v) is 10.7. The first-order valence-electron chi connectivity index (χ1n) is 3.91. The molecule has 0 aromatic heterocycles. The van der Waals surface area contributed by atoms with Crippen LogP contribution in [0.25, 0.3) is 0 Å². The van der Waals surface area contributed by atoms with Gasteiger partial charge in [-0.3, -0.25) is 0 Å². The summed E-state index contributed by atoms with van der Waals surface area (Å²) in [6.07, 6.45) is -5.08. The number of hydrogen-bond donors (Lipinski definition) is 2. The Balaban J connectivity index is 0. The van der Waals surface area contributed by atoms with Crippen LogP contribution in [0.2, 0.25) is 0 Å². The van der Waals surface area contributed by atoms with Gasteiger partial charge in [-0.1, -0.05) is 0 Å². The Morgan fingerprint density at radius 1 is 1.39 bits per heavy atom. The Kier molecular flexibility index (Phi) is 9.25. The van der Waals surface area contributed by atoms with Crippen molar-refractivity contribution in [2.75, 3.05) is 12.3 Å². The molecule has 0 radical (unpaired) electrons. The van der Waals surface area contributed by atoms with Gasteiger partial charge < -0.3 is 15.4 Å². The number of alkyl halides is 7. The fraction of sp³-hybridized carbons (Fsp3) is 0.833. The van der Waals surface area contributed by atoms with Crippen LogP contribution in [0.3, 0.4) is 0 Å². The number of nitrogens with two attached hydrogens (primary N) is 1. The van der Waals surface area contributed by atoms with Crippen LogP contribution in [-0.2, 0) is 16.0 Å². The van der Waals surface area contributed by atoms with Crippen molar-refractivity contribution in [1.29, 1.82) is 0 Å². The normalized spacial score (nSPS) is 15.4. The van der Waals surface area contributed by atoms with Gasteiger partial charge in [-0.05, 0) is 0 Å². The maximum absolute atomic E-state index is 12.0. The lowest BCUT2D eigenvalue weighted by molar-refractivity contribution is -0.192. The molecule has 0 aromatic rings.